The van der Waals surface area contributed by atoms with E-state index in [1.54, 1.807) is 20.8 Å². The summed E-state index contributed by atoms with van der Waals surface area (Å²) in [6.45, 7) is 5.20. The van der Waals surface area contributed by atoms with Gasteiger partial charge in [-0.1, -0.05) is 11.6 Å². The summed E-state index contributed by atoms with van der Waals surface area (Å²) >= 11 is 5.65. The van der Waals surface area contributed by atoms with E-state index in [4.69, 9.17) is 22.1 Å². The van der Waals surface area contributed by atoms with Crippen LogP contribution >= 0.6 is 11.6 Å². The third-order valence-electron chi connectivity index (χ3n) is 2.01. The molecule has 0 bridgehead atoms. The highest BCUT2D eigenvalue weighted by Crippen LogP contribution is 2.13. The molecule has 0 saturated carbocycles. The molecule has 0 aliphatic heterocycles. The van der Waals surface area contributed by atoms with Crippen LogP contribution in [0.1, 0.15) is 26.5 Å². The lowest BCUT2D eigenvalue weighted by Gasteiger charge is -2.22. The third-order valence-corrected chi connectivity index (χ3v) is 2.22. The van der Waals surface area contributed by atoms with Crippen molar-refractivity contribution in [2.24, 2.45) is 5.73 Å². The van der Waals surface area contributed by atoms with Gasteiger partial charge in [0.25, 0.3) is 0 Å². The Morgan fingerprint density at radius 2 is 2.17 bits per heavy atom. The first kappa shape index (κ1) is 14.9. The molecule has 18 heavy (non-hydrogen) atoms. The van der Waals surface area contributed by atoms with E-state index in [2.05, 4.69) is 4.98 Å². The average molecular weight is 275 g/mol. The van der Waals surface area contributed by atoms with E-state index in [0.717, 1.165) is 0 Å². The Bertz CT molecular complexity index is 446. The van der Waals surface area contributed by atoms with Crippen molar-refractivity contribution >= 4 is 17.6 Å². The summed E-state index contributed by atoms with van der Waals surface area (Å²) in [6.07, 6.45) is -0.0543. The number of esters is 1. The van der Waals surface area contributed by atoms with Crippen LogP contribution in [0.2, 0.25) is 5.15 Å². The van der Waals surface area contributed by atoms with Gasteiger partial charge in [-0.2, -0.15) is 0 Å². The molecule has 4 nitrogen and oxygen atoms in total. The fourth-order valence-corrected chi connectivity index (χ4v) is 1.43. The minimum atomic E-state index is -0.968. The van der Waals surface area contributed by atoms with Gasteiger partial charge in [-0.25, -0.2) is 9.37 Å². The van der Waals surface area contributed by atoms with Gasteiger partial charge in [0.2, 0.25) is 0 Å². The molecule has 0 fully saturated rings. The molecule has 1 aromatic heterocycles. The quantitative estimate of drug-likeness (QED) is 0.677. The standard InChI is InChI=1S/C12H16ClFN2O2/c1-12(2,3)18-11(17)8(15)6-9-7(14)4-5-10(13)16-9/h4-5,8H,6,15H2,1-3H3/t8-/m0/s1. The molecule has 1 aromatic rings. The smallest absolute Gasteiger partial charge is 0.323 e. The van der Waals surface area contributed by atoms with Gasteiger partial charge >= 0.3 is 5.97 Å². The number of nitrogens with two attached hydrogens (primary N) is 1. The summed E-state index contributed by atoms with van der Waals surface area (Å²) in [5.41, 5.74) is 5.08. The van der Waals surface area contributed by atoms with Crippen LogP contribution in [-0.2, 0) is 16.0 Å². The SMILES string of the molecule is CC(C)(C)OC(=O)[C@@H](N)Cc1nc(Cl)ccc1F. The van der Waals surface area contributed by atoms with Crippen molar-refractivity contribution in [3.05, 3.63) is 28.8 Å². The average Bonchev–Trinajstić information content (AvgIpc) is 2.21. The Morgan fingerprint density at radius 3 is 2.72 bits per heavy atom. The number of carbonyl (C=O) groups is 1. The van der Waals surface area contributed by atoms with Crippen LogP contribution in [0.4, 0.5) is 4.39 Å². The molecule has 0 aliphatic carbocycles. The fourth-order valence-electron chi connectivity index (χ4n) is 1.27. The number of nitrogens with zero attached hydrogens (tertiary/aromatic N) is 1. The third kappa shape index (κ3) is 4.58. The second-order valence-electron chi connectivity index (χ2n) is 4.91. The van der Waals surface area contributed by atoms with Crippen LogP contribution in [0.5, 0.6) is 0 Å². The first-order valence-corrected chi connectivity index (χ1v) is 5.86. The van der Waals surface area contributed by atoms with Crippen molar-refractivity contribution in [1.82, 2.24) is 4.98 Å². The molecule has 0 radical (unpaired) electrons. The lowest BCUT2D eigenvalue weighted by atomic mass is 10.1. The van der Waals surface area contributed by atoms with Gasteiger partial charge in [-0.15, -0.1) is 0 Å². The van der Waals surface area contributed by atoms with Gasteiger partial charge in [0.1, 0.15) is 22.6 Å². The van der Waals surface area contributed by atoms with E-state index in [0.29, 0.717) is 0 Å². The van der Waals surface area contributed by atoms with Crippen molar-refractivity contribution < 1.29 is 13.9 Å². The van der Waals surface area contributed by atoms with Crippen molar-refractivity contribution in [1.29, 1.82) is 0 Å². The number of aromatic nitrogens is 1. The Kier molecular flexibility index (Phi) is 4.65. The summed E-state index contributed by atoms with van der Waals surface area (Å²) in [4.78, 5) is 15.4. The summed E-state index contributed by atoms with van der Waals surface area (Å²) in [5, 5.41) is 0.155. The van der Waals surface area contributed by atoms with Gasteiger partial charge in [0.05, 0.1) is 5.69 Å². The van der Waals surface area contributed by atoms with Gasteiger partial charge in [-0.05, 0) is 32.9 Å². The summed E-state index contributed by atoms with van der Waals surface area (Å²) in [5.74, 6) is -1.14. The minimum Gasteiger partial charge on any atom is -0.459 e. The Hall–Kier alpha value is -1.20. The second-order valence-corrected chi connectivity index (χ2v) is 5.29. The minimum absolute atomic E-state index is 0.0543. The van der Waals surface area contributed by atoms with Crippen LogP contribution in [0.25, 0.3) is 0 Å². The molecule has 1 rings (SSSR count). The number of pyridine rings is 1. The van der Waals surface area contributed by atoms with Crippen molar-refractivity contribution in [2.45, 2.75) is 38.8 Å². The number of hydrogen-bond donors (Lipinski definition) is 1. The van der Waals surface area contributed by atoms with Crippen molar-refractivity contribution in [3.8, 4) is 0 Å². The number of halogens is 2. The summed E-state index contributed by atoms with van der Waals surface area (Å²) in [6, 6.07) is 1.55. The molecule has 0 unspecified atom stereocenters. The van der Waals surface area contributed by atoms with Crippen molar-refractivity contribution in [2.75, 3.05) is 0 Å². The topological polar surface area (TPSA) is 65.2 Å². The van der Waals surface area contributed by atoms with Crippen molar-refractivity contribution in [3.63, 3.8) is 0 Å². The zero-order valence-corrected chi connectivity index (χ0v) is 11.3. The Morgan fingerprint density at radius 1 is 1.56 bits per heavy atom. The maximum absolute atomic E-state index is 13.4. The molecule has 100 valence electrons. The van der Waals surface area contributed by atoms with Gasteiger partial charge in [0, 0.05) is 6.42 Å². The first-order valence-electron chi connectivity index (χ1n) is 5.48. The van der Waals surface area contributed by atoms with Crippen LogP contribution < -0.4 is 5.73 Å². The number of rotatable bonds is 3. The van der Waals surface area contributed by atoms with Gasteiger partial charge in [-0.3, -0.25) is 4.79 Å². The van der Waals surface area contributed by atoms with Crippen LogP contribution in [0.3, 0.4) is 0 Å². The largest absolute Gasteiger partial charge is 0.459 e. The van der Waals surface area contributed by atoms with E-state index in [9.17, 15) is 9.18 Å². The highest BCUT2D eigenvalue weighted by atomic mass is 35.5. The number of hydrogen-bond acceptors (Lipinski definition) is 4. The first-order chi connectivity index (χ1) is 8.19. The van der Waals surface area contributed by atoms with Gasteiger partial charge in [0.15, 0.2) is 0 Å². The molecule has 1 heterocycles. The maximum atomic E-state index is 13.4. The summed E-state index contributed by atoms with van der Waals surface area (Å²) < 4.78 is 18.5. The molecular weight excluding hydrogens is 259 g/mol. The number of carbonyl (C=O) groups excluding carboxylic acids is 1. The van der Waals surface area contributed by atoms with Gasteiger partial charge < -0.3 is 10.5 Å². The summed E-state index contributed by atoms with van der Waals surface area (Å²) in [7, 11) is 0. The fraction of sp³-hybridized carbons (Fsp3) is 0.500. The predicted molar refractivity (Wildman–Crippen MR) is 66.7 cm³/mol. The molecule has 0 amide bonds. The zero-order valence-electron chi connectivity index (χ0n) is 10.5. The molecule has 6 heteroatoms. The van der Waals surface area contributed by atoms with Crippen LogP contribution in [0, 0.1) is 5.82 Å². The molecule has 0 aromatic carbocycles. The molecule has 1 atom stereocenters. The molecule has 0 aliphatic rings. The zero-order chi connectivity index (χ0) is 13.9. The van der Waals surface area contributed by atoms with E-state index in [1.807, 2.05) is 0 Å². The number of ether oxygens (including phenoxy) is 1. The van der Waals surface area contributed by atoms with E-state index in [1.165, 1.54) is 12.1 Å². The monoisotopic (exact) mass is 274 g/mol. The second kappa shape index (κ2) is 5.63. The van der Waals surface area contributed by atoms with Crippen LogP contribution in [0.15, 0.2) is 12.1 Å². The molecule has 0 spiro atoms. The predicted octanol–water partition coefficient (Wildman–Crippen LogP) is 2.09. The molecule has 0 saturated heterocycles. The molecule has 2 N–H and O–H groups in total. The van der Waals surface area contributed by atoms with E-state index < -0.39 is 23.4 Å². The lowest BCUT2D eigenvalue weighted by Crippen LogP contribution is -2.39. The Labute approximate surface area is 110 Å². The molecular formula is C12H16ClFN2O2. The van der Waals surface area contributed by atoms with E-state index in [-0.39, 0.29) is 17.3 Å². The Balaban J connectivity index is 2.72. The highest BCUT2D eigenvalue weighted by Gasteiger charge is 2.23. The lowest BCUT2D eigenvalue weighted by molar-refractivity contribution is -0.156. The maximum Gasteiger partial charge on any atom is 0.323 e. The van der Waals surface area contributed by atoms with Crippen LogP contribution in [-0.4, -0.2) is 22.6 Å². The highest BCUT2D eigenvalue weighted by molar-refractivity contribution is 6.29. The van der Waals surface area contributed by atoms with E-state index >= 15 is 0 Å². The normalized spacial score (nSPS) is 13.2.